The molecule has 2 amide bonds. The van der Waals surface area contributed by atoms with E-state index >= 15 is 0 Å². The average Bonchev–Trinajstić information content (AvgIpc) is 2.74. The molecular formula is C23H22ClN3O2. The predicted octanol–water partition coefficient (Wildman–Crippen LogP) is 4.20. The first-order chi connectivity index (χ1) is 14.0. The van der Waals surface area contributed by atoms with E-state index in [2.05, 4.69) is 10.7 Å². The number of carbonyl (C=O) groups is 2. The maximum absolute atomic E-state index is 12.8. The molecule has 29 heavy (non-hydrogen) atoms. The van der Waals surface area contributed by atoms with Gasteiger partial charge in [-0.05, 0) is 36.8 Å². The fourth-order valence-corrected chi connectivity index (χ4v) is 3.01. The van der Waals surface area contributed by atoms with E-state index in [4.69, 9.17) is 11.6 Å². The smallest absolute Gasteiger partial charge is 0.260 e. The molecular weight excluding hydrogens is 386 g/mol. The monoisotopic (exact) mass is 407 g/mol. The lowest BCUT2D eigenvalue weighted by molar-refractivity contribution is -0.122. The van der Waals surface area contributed by atoms with Crippen LogP contribution in [0.2, 0.25) is 5.02 Å². The zero-order valence-electron chi connectivity index (χ0n) is 16.0. The van der Waals surface area contributed by atoms with Gasteiger partial charge in [0.1, 0.15) is 6.04 Å². The Morgan fingerprint density at radius 1 is 0.897 bits per heavy atom. The number of hydrogen-bond acceptors (Lipinski definition) is 3. The molecule has 0 radical (unpaired) electrons. The molecule has 0 heterocycles. The third-order valence-electron chi connectivity index (χ3n) is 4.36. The van der Waals surface area contributed by atoms with Gasteiger partial charge >= 0.3 is 0 Å². The number of nitrogens with zero attached hydrogens (tertiary/aromatic N) is 1. The van der Waals surface area contributed by atoms with E-state index in [0.29, 0.717) is 17.1 Å². The minimum absolute atomic E-state index is 0.329. The van der Waals surface area contributed by atoms with Crippen LogP contribution >= 0.6 is 11.6 Å². The molecule has 0 spiro atoms. The van der Waals surface area contributed by atoms with Crippen molar-refractivity contribution in [2.24, 2.45) is 0 Å². The summed E-state index contributed by atoms with van der Waals surface area (Å²) >= 11 is 6.07. The van der Waals surface area contributed by atoms with Gasteiger partial charge in [0.15, 0.2) is 0 Å². The molecule has 3 aromatic rings. The van der Waals surface area contributed by atoms with Crippen LogP contribution in [0.5, 0.6) is 0 Å². The molecule has 148 valence electrons. The summed E-state index contributed by atoms with van der Waals surface area (Å²) in [5, 5.41) is 4.80. The quantitative estimate of drug-likeness (QED) is 0.577. The first-order valence-corrected chi connectivity index (χ1v) is 9.65. The first kappa shape index (κ1) is 20.4. The second-order valence-corrected chi connectivity index (χ2v) is 6.97. The highest BCUT2D eigenvalue weighted by atomic mass is 35.5. The number of carbonyl (C=O) groups excluding carboxylic acids is 2. The number of hydrazine groups is 1. The molecule has 0 bridgehead atoms. The van der Waals surface area contributed by atoms with Crippen molar-refractivity contribution in [3.05, 3.63) is 101 Å². The minimum atomic E-state index is -0.749. The van der Waals surface area contributed by atoms with Crippen LogP contribution in [0.1, 0.15) is 22.8 Å². The number of anilines is 1. The second kappa shape index (κ2) is 9.75. The zero-order chi connectivity index (χ0) is 20.6. The summed E-state index contributed by atoms with van der Waals surface area (Å²) in [6.45, 7) is 2.12. The number of benzene rings is 3. The van der Waals surface area contributed by atoms with Crippen LogP contribution < -0.4 is 15.8 Å². The molecule has 1 atom stereocenters. The maximum Gasteiger partial charge on any atom is 0.260 e. The molecule has 2 N–H and O–H groups in total. The SMILES string of the molecule is C[C@H](NC(=O)c1ccccc1Cl)C(=O)NN(Cc1ccccc1)c1ccccc1. The Morgan fingerprint density at radius 3 is 2.14 bits per heavy atom. The summed E-state index contributed by atoms with van der Waals surface area (Å²) in [6, 6.07) is 25.4. The van der Waals surface area contributed by atoms with Gasteiger partial charge in [0, 0.05) is 0 Å². The fourth-order valence-electron chi connectivity index (χ4n) is 2.78. The molecule has 3 rings (SSSR count). The molecule has 3 aromatic carbocycles. The highest BCUT2D eigenvalue weighted by Gasteiger charge is 2.20. The van der Waals surface area contributed by atoms with Gasteiger partial charge in [0.05, 0.1) is 22.8 Å². The summed E-state index contributed by atoms with van der Waals surface area (Å²) in [7, 11) is 0. The lowest BCUT2D eigenvalue weighted by Gasteiger charge is -2.27. The van der Waals surface area contributed by atoms with Crippen LogP contribution in [0, 0.1) is 0 Å². The van der Waals surface area contributed by atoms with Crippen molar-refractivity contribution < 1.29 is 9.59 Å². The van der Waals surface area contributed by atoms with E-state index in [1.165, 1.54) is 0 Å². The third-order valence-corrected chi connectivity index (χ3v) is 4.69. The molecule has 5 nitrogen and oxygen atoms in total. The largest absolute Gasteiger partial charge is 0.340 e. The van der Waals surface area contributed by atoms with Crippen molar-refractivity contribution in [1.29, 1.82) is 0 Å². The lowest BCUT2D eigenvalue weighted by Crippen LogP contribution is -2.51. The Morgan fingerprint density at radius 2 is 1.48 bits per heavy atom. The van der Waals surface area contributed by atoms with Gasteiger partial charge in [-0.2, -0.15) is 0 Å². The van der Waals surface area contributed by atoms with E-state index in [1.54, 1.807) is 36.2 Å². The molecule has 0 fully saturated rings. The van der Waals surface area contributed by atoms with E-state index in [1.807, 2.05) is 60.7 Å². The normalized spacial score (nSPS) is 11.4. The molecule has 0 unspecified atom stereocenters. The van der Waals surface area contributed by atoms with Crippen molar-refractivity contribution in [2.45, 2.75) is 19.5 Å². The average molecular weight is 408 g/mol. The topological polar surface area (TPSA) is 61.4 Å². The summed E-state index contributed by atoms with van der Waals surface area (Å²) in [5.41, 5.74) is 5.12. The van der Waals surface area contributed by atoms with Crippen LogP contribution in [0.25, 0.3) is 0 Å². The summed E-state index contributed by atoms with van der Waals surface area (Å²) in [6.07, 6.45) is 0. The van der Waals surface area contributed by atoms with Gasteiger partial charge in [-0.1, -0.05) is 72.3 Å². The molecule has 0 aliphatic carbocycles. The van der Waals surface area contributed by atoms with Crippen molar-refractivity contribution >= 4 is 29.1 Å². The van der Waals surface area contributed by atoms with Crippen LogP contribution in [0.15, 0.2) is 84.9 Å². The number of nitrogens with one attached hydrogen (secondary N) is 2. The Kier molecular flexibility index (Phi) is 6.87. The van der Waals surface area contributed by atoms with Gasteiger partial charge in [-0.3, -0.25) is 20.0 Å². The van der Waals surface area contributed by atoms with Crippen LogP contribution in [-0.2, 0) is 11.3 Å². The molecule has 0 saturated carbocycles. The highest BCUT2D eigenvalue weighted by molar-refractivity contribution is 6.33. The molecule has 6 heteroatoms. The Hall–Kier alpha value is -3.31. The van der Waals surface area contributed by atoms with Crippen LogP contribution in [0.4, 0.5) is 5.69 Å². The highest BCUT2D eigenvalue weighted by Crippen LogP contribution is 2.16. The standard InChI is InChI=1S/C23H22ClN3O2/c1-17(25-23(29)20-14-8-9-15-21(20)24)22(28)26-27(19-12-6-3-7-13-19)16-18-10-4-2-5-11-18/h2-15,17H,16H2,1H3,(H,25,29)(H,26,28)/t17-/m0/s1. The van der Waals surface area contributed by atoms with E-state index in [0.717, 1.165) is 11.3 Å². The summed E-state index contributed by atoms with van der Waals surface area (Å²) in [5.74, 6) is -0.724. The van der Waals surface area contributed by atoms with Gasteiger partial charge in [0.2, 0.25) is 0 Å². The Bertz CT molecular complexity index is 964. The molecule has 0 aromatic heterocycles. The molecule has 0 aliphatic heterocycles. The van der Waals surface area contributed by atoms with E-state index in [-0.39, 0.29) is 5.91 Å². The number of para-hydroxylation sites is 1. The van der Waals surface area contributed by atoms with E-state index < -0.39 is 11.9 Å². The second-order valence-electron chi connectivity index (χ2n) is 6.56. The minimum Gasteiger partial charge on any atom is -0.340 e. The van der Waals surface area contributed by atoms with Gasteiger partial charge < -0.3 is 5.32 Å². The fraction of sp³-hybridized carbons (Fsp3) is 0.130. The Balaban J connectivity index is 1.70. The van der Waals surface area contributed by atoms with Gasteiger partial charge in [-0.25, -0.2) is 0 Å². The van der Waals surface area contributed by atoms with E-state index in [9.17, 15) is 9.59 Å². The summed E-state index contributed by atoms with van der Waals surface area (Å²) < 4.78 is 0. The van der Waals surface area contributed by atoms with Crippen molar-refractivity contribution in [3.8, 4) is 0 Å². The number of halogens is 1. The predicted molar refractivity (Wildman–Crippen MR) is 116 cm³/mol. The van der Waals surface area contributed by atoms with Crippen LogP contribution in [0.3, 0.4) is 0 Å². The number of hydrogen-bond donors (Lipinski definition) is 2. The van der Waals surface area contributed by atoms with Crippen molar-refractivity contribution in [2.75, 3.05) is 5.01 Å². The zero-order valence-corrected chi connectivity index (χ0v) is 16.8. The molecule has 0 aliphatic rings. The third kappa shape index (κ3) is 5.59. The number of amides is 2. The van der Waals surface area contributed by atoms with Crippen molar-refractivity contribution in [1.82, 2.24) is 10.7 Å². The van der Waals surface area contributed by atoms with Gasteiger partial charge in [0.25, 0.3) is 11.8 Å². The number of rotatable bonds is 7. The maximum atomic E-state index is 12.8. The summed E-state index contributed by atoms with van der Waals surface area (Å²) in [4.78, 5) is 25.2. The molecule has 0 saturated heterocycles. The van der Waals surface area contributed by atoms with Crippen molar-refractivity contribution in [3.63, 3.8) is 0 Å². The van der Waals surface area contributed by atoms with Gasteiger partial charge in [-0.15, -0.1) is 0 Å². The Labute approximate surface area is 175 Å². The van der Waals surface area contributed by atoms with Crippen LogP contribution in [-0.4, -0.2) is 17.9 Å². The first-order valence-electron chi connectivity index (χ1n) is 9.27. The lowest BCUT2D eigenvalue weighted by atomic mass is 10.2.